The molecule has 24 heavy (non-hydrogen) atoms. The number of hydrogen-bond donors (Lipinski definition) is 1. The average Bonchev–Trinajstić information content (AvgIpc) is 2.55. The van der Waals surface area contributed by atoms with E-state index in [1.54, 1.807) is 0 Å². The molecule has 3 aromatic rings. The molecule has 3 rings (SSSR count). The van der Waals surface area contributed by atoms with Crippen LogP contribution in [-0.2, 0) is 11.8 Å². The quantitative estimate of drug-likeness (QED) is 0.484. The zero-order valence-corrected chi connectivity index (χ0v) is 15.8. The van der Waals surface area contributed by atoms with Crippen molar-refractivity contribution in [3.8, 4) is 0 Å². The third-order valence-electron chi connectivity index (χ3n) is 3.80. The Morgan fingerprint density at radius 3 is 2.38 bits per heavy atom. The molecule has 0 saturated heterocycles. The Bertz CT molecular complexity index is 886. The van der Waals surface area contributed by atoms with Crippen molar-refractivity contribution in [3.05, 3.63) is 71.9 Å². The summed E-state index contributed by atoms with van der Waals surface area (Å²) in [7, 11) is 2.07. The zero-order valence-electron chi connectivity index (χ0n) is 13.7. The van der Waals surface area contributed by atoms with Crippen LogP contribution in [0.1, 0.15) is 18.2 Å². The van der Waals surface area contributed by atoms with Crippen molar-refractivity contribution in [2.45, 2.75) is 6.92 Å². The third kappa shape index (κ3) is 4.20. The summed E-state index contributed by atoms with van der Waals surface area (Å²) >= 11 is 0. The molecule has 0 saturated carbocycles. The minimum absolute atomic E-state index is 0. The first-order valence-electron chi connectivity index (χ1n) is 7.57. The summed E-state index contributed by atoms with van der Waals surface area (Å²) in [6.07, 6.45) is 4.17. The molecule has 4 heteroatoms. The minimum atomic E-state index is -0.0588. The van der Waals surface area contributed by atoms with E-state index in [0.29, 0.717) is 0 Å². The zero-order chi connectivity index (χ0) is 16.2. The van der Waals surface area contributed by atoms with E-state index in [2.05, 4.69) is 65.5 Å². The summed E-state index contributed by atoms with van der Waals surface area (Å²) in [6.45, 7) is 1.51. The van der Waals surface area contributed by atoms with Gasteiger partial charge in [0.1, 0.15) is 7.05 Å². The van der Waals surface area contributed by atoms with Crippen LogP contribution in [-0.4, -0.2) is 5.91 Å². The van der Waals surface area contributed by atoms with Gasteiger partial charge in [-0.25, -0.2) is 0 Å². The molecule has 0 aliphatic heterocycles. The molecule has 3 nitrogen and oxygen atoms in total. The number of halogens is 1. The highest BCUT2D eigenvalue weighted by molar-refractivity contribution is 5.88. The van der Waals surface area contributed by atoms with Crippen molar-refractivity contribution in [1.82, 2.24) is 0 Å². The fourth-order valence-electron chi connectivity index (χ4n) is 2.59. The lowest BCUT2D eigenvalue weighted by Gasteiger charge is -2.02. The van der Waals surface area contributed by atoms with Gasteiger partial charge in [0.15, 0.2) is 0 Å². The molecule has 0 fully saturated rings. The Kier molecular flexibility index (Phi) is 6.09. The van der Waals surface area contributed by atoms with Crippen molar-refractivity contribution in [1.29, 1.82) is 0 Å². The number of carbonyl (C=O) groups excluding carboxylic acids is 1. The second-order valence-corrected chi connectivity index (χ2v) is 5.51. The average molecular weight is 430 g/mol. The molecule has 0 spiro atoms. The Balaban J connectivity index is 0.00000208. The second-order valence-electron chi connectivity index (χ2n) is 5.51. The number of anilines is 1. The smallest absolute Gasteiger partial charge is 0.221 e. The Morgan fingerprint density at radius 2 is 1.67 bits per heavy atom. The van der Waals surface area contributed by atoms with Gasteiger partial charge in [0.2, 0.25) is 17.1 Å². The maximum atomic E-state index is 11.0. The van der Waals surface area contributed by atoms with E-state index < -0.39 is 0 Å². The fourth-order valence-corrected chi connectivity index (χ4v) is 2.59. The number of pyridine rings is 1. The van der Waals surface area contributed by atoms with Gasteiger partial charge in [0.05, 0.1) is 0 Å². The van der Waals surface area contributed by atoms with E-state index in [9.17, 15) is 4.79 Å². The highest BCUT2D eigenvalue weighted by Crippen LogP contribution is 2.14. The maximum Gasteiger partial charge on any atom is 0.221 e. The first-order chi connectivity index (χ1) is 11.1. The van der Waals surface area contributed by atoms with Crippen LogP contribution in [0, 0.1) is 0 Å². The minimum Gasteiger partial charge on any atom is -1.00 e. The number of fused-ring (bicyclic) bond motifs is 1. The van der Waals surface area contributed by atoms with E-state index in [0.717, 1.165) is 16.9 Å². The molecule has 0 atom stereocenters. The summed E-state index contributed by atoms with van der Waals surface area (Å²) in [6, 6.07) is 20.4. The number of nitrogens with zero attached hydrogens (tertiary/aromatic N) is 1. The molecule has 0 bridgehead atoms. The number of benzene rings is 2. The number of rotatable bonds is 3. The molecule has 122 valence electrons. The number of carbonyl (C=O) groups is 1. The van der Waals surface area contributed by atoms with Gasteiger partial charge >= 0.3 is 0 Å². The molecule has 0 aliphatic rings. The van der Waals surface area contributed by atoms with Gasteiger partial charge in [-0.05, 0) is 35.9 Å². The molecule has 2 aromatic carbocycles. The van der Waals surface area contributed by atoms with Gasteiger partial charge in [0, 0.05) is 36.2 Å². The summed E-state index contributed by atoms with van der Waals surface area (Å²) in [5.41, 5.74) is 4.24. The summed E-state index contributed by atoms with van der Waals surface area (Å²) in [5, 5.41) is 4.00. The third-order valence-corrected chi connectivity index (χ3v) is 3.80. The van der Waals surface area contributed by atoms with Gasteiger partial charge in [-0.3, -0.25) is 4.79 Å². The van der Waals surface area contributed by atoms with Crippen LogP contribution in [0.2, 0.25) is 0 Å². The summed E-state index contributed by atoms with van der Waals surface area (Å²) < 4.78 is 2.18. The lowest BCUT2D eigenvalue weighted by molar-refractivity contribution is -0.646. The number of amides is 1. The van der Waals surface area contributed by atoms with Crippen molar-refractivity contribution in [2.24, 2.45) is 7.05 Å². The van der Waals surface area contributed by atoms with E-state index in [-0.39, 0.29) is 29.9 Å². The summed E-state index contributed by atoms with van der Waals surface area (Å²) in [5.74, 6) is -0.0588. The lowest BCUT2D eigenvalue weighted by atomic mass is 10.1. The lowest BCUT2D eigenvalue weighted by Crippen LogP contribution is -3.00. The predicted molar refractivity (Wildman–Crippen MR) is 94.8 cm³/mol. The molecule has 1 aromatic heterocycles. The molecular formula is C20H19IN2O. The standard InChI is InChI=1S/C20H18N2O.HI/c1-15(23)21-18-11-7-16(8-12-18)9-13-19-14-10-17-5-3-4-6-20(17)22(19)2;/h3-14H,1-2H3;1H. The maximum absolute atomic E-state index is 11.0. The van der Waals surface area contributed by atoms with E-state index in [1.165, 1.54) is 17.8 Å². The highest BCUT2D eigenvalue weighted by Gasteiger charge is 2.07. The van der Waals surface area contributed by atoms with Gasteiger partial charge in [-0.15, -0.1) is 0 Å². The predicted octanol–water partition coefficient (Wildman–Crippen LogP) is 0.797. The molecule has 0 aliphatic carbocycles. The Labute approximate surface area is 159 Å². The van der Waals surface area contributed by atoms with Crippen LogP contribution >= 0.6 is 0 Å². The topological polar surface area (TPSA) is 33.0 Å². The normalized spacial score (nSPS) is 10.6. The van der Waals surface area contributed by atoms with E-state index in [4.69, 9.17) is 0 Å². The van der Waals surface area contributed by atoms with Crippen LogP contribution < -0.4 is 33.9 Å². The first-order valence-corrected chi connectivity index (χ1v) is 7.57. The van der Waals surface area contributed by atoms with Crippen LogP contribution in [0.15, 0.2) is 60.7 Å². The van der Waals surface area contributed by atoms with Gasteiger partial charge in [-0.1, -0.05) is 24.3 Å². The van der Waals surface area contributed by atoms with Crippen LogP contribution in [0.4, 0.5) is 5.69 Å². The van der Waals surface area contributed by atoms with E-state index in [1.807, 2.05) is 24.3 Å². The SMILES string of the molecule is CC(=O)Nc1ccc(/C=C/c2ccc3ccccc3[n+]2C)cc1.[I-]. The molecular weight excluding hydrogens is 411 g/mol. The molecule has 0 unspecified atom stereocenters. The van der Waals surface area contributed by atoms with Crippen molar-refractivity contribution in [3.63, 3.8) is 0 Å². The molecule has 1 amide bonds. The number of nitrogens with one attached hydrogen (secondary N) is 1. The number of para-hydroxylation sites is 1. The number of hydrogen-bond acceptors (Lipinski definition) is 1. The van der Waals surface area contributed by atoms with Crippen LogP contribution in [0.25, 0.3) is 23.1 Å². The van der Waals surface area contributed by atoms with Crippen molar-refractivity contribution < 1.29 is 33.3 Å². The molecule has 1 N–H and O–H groups in total. The van der Waals surface area contributed by atoms with Gasteiger partial charge in [-0.2, -0.15) is 4.57 Å². The number of aryl methyl sites for hydroxylation is 1. The van der Waals surface area contributed by atoms with E-state index >= 15 is 0 Å². The Hall–Kier alpha value is -2.21. The fraction of sp³-hybridized carbons (Fsp3) is 0.100. The van der Waals surface area contributed by atoms with Crippen LogP contribution in [0.5, 0.6) is 0 Å². The monoisotopic (exact) mass is 430 g/mol. The van der Waals surface area contributed by atoms with Crippen molar-refractivity contribution in [2.75, 3.05) is 5.32 Å². The first kappa shape index (κ1) is 18.1. The Morgan fingerprint density at radius 1 is 0.958 bits per heavy atom. The largest absolute Gasteiger partial charge is 1.00 e. The van der Waals surface area contributed by atoms with Crippen molar-refractivity contribution >= 4 is 34.6 Å². The number of aromatic nitrogens is 1. The molecule has 1 heterocycles. The second kappa shape index (κ2) is 8.06. The van der Waals surface area contributed by atoms with Gasteiger partial charge in [0.25, 0.3) is 0 Å². The highest BCUT2D eigenvalue weighted by atomic mass is 127. The van der Waals surface area contributed by atoms with Crippen LogP contribution in [0.3, 0.4) is 0 Å². The van der Waals surface area contributed by atoms with Gasteiger partial charge < -0.3 is 29.3 Å². The summed E-state index contributed by atoms with van der Waals surface area (Å²) in [4.78, 5) is 11.0. The molecule has 0 radical (unpaired) electrons.